The quantitative estimate of drug-likeness (QED) is 0.922. The van der Waals surface area contributed by atoms with Gasteiger partial charge in [-0.25, -0.2) is 0 Å². The van der Waals surface area contributed by atoms with Gasteiger partial charge < -0.3 is 10.2 Å². The van der Waals surface area contributed by atoms with Crippen molar-refractivity contribution in [2.45, 2.75) is 54.0 Å². The van der Waals surface area contributed by atoms with Gasteiger partial charge in [-0.15, -0.1) is 0 Å². The molecule has 1 aliphatic rings. The minimum atomic E-state index is 0.0206. The number of nitrogens with one attached hydrogen (secondary N) is 1. The van der Waals surface area contributed by atoms with E-state index in [9.17, 15) is 9.59 Å². The Bertz CT molecular complexity index is 591. The molecule has 1 aromatic carbocycles. The zero-order chi connectivity index (χ0) is 17.9. The van der Waals surface area contributed by atoms with E-state index in [1.165, 1.54) is 22.3 Å². The highest BCUT2D eigenvalue weighted by Crippen LogP contribution is 2.20. The van der Waals surface area contributed by atoms with Gasteiger partial charge in [-0.2, -0.15) is 0 Å². The van der Waals surface area contributed by atoms with Crippen molar-refractivity contribution in [1.82, 2.24) is 10.2 Å². The molecule has 24 heavy (non-hydrogen) atoms. The second-order valence-electron chi connectivity index (χ2n) is 7.35. The molecule has 1 aromatic rings. The molecule has 0 bridgehead atoms. The third-order valence-electron chi connectivity index (χ3n) is 4.95. The number of piperidine rings is 1. The summed E-state index contributed by atoms with van der Waals surface area (Å²) < 4.78 is 0. The number of hydrogen-bond acceptors (Lipinski definition) is 2. The van der Waals surface area contributed by atoms with E-state index in [4.69, 9.17) is 0 Å². The fourth-order valence-electron chi connectivity index (χ4n) is 3.54. The molecule has 1 saturated heterocycles. The van der Waals surface area contributed by atoms with Gasteiger partial charge in [-0.3, -0.25) is 9.59 Å². The Morgan fingerprint density at radius 1 is 1.12 bits per heavy atom. The first-order chi connectivity index (χ1) is 11.3. The van der Waals surface area contributed by atoms with Crippen LogP contribution < -0.4 is 5.32 Å². The van der Waals surface area contributed by atoms with Crippen LogP contribution in [0.4, 0.5) is 0 Å². The van der Waals surface area contributed by atoms with Crippen LogP contribution in [0.2, 0.25) is 0 Å². The maximum Gasteiger partial charge on any atom is 0.225 e. The van der Waals surface area contributed by atoms with Gasteiger partial charge in [0.15, 0.2) is 0 Å². The lowest BCUT2D eigenvalue weighted by Crippen LogP contribution is -2.44. The molecular weight excluding hydrogens is 300 g/mol. The molecule has 1 aliphatic heterocycles. The van der Waals surface area contributed by atoms with Crippen LogP contribution in [0, 0.1) is 32.6 Å². The van der Waals surface area contributed by atoms with Crippen molar-refractivity contribution in [2.24, 2.45) is 11.8 Å². The van der Waals surface area contributed by atoms with E-state index in [1.807, 2.05) is 18.7 Å². The normalized spacial score (nSPS) is 15.7. The van der Waals surface area contributed by atoms with Crippen molar-refractivity contribution in [3.8, 4) is 0 Å². The highest BCUT2D eigenvalue weighted by molar-refractivity contribution is 5.80. The number of carbonyl (C=O) groups is 2. The van der Waals surface area contributed by atoms with E-state index in [0.29, 0.717) is 19.6 Å². The largest absolute Gasteiger partial charge is 0.352 e. The van der Waals surface area contributed by atoms with E-state index in [0.717, 1.165) is 12.8 Å². The summed E-state index contributed by atoms with van der Waals surface area (Å²) in [6.07, 6.45) is 1.52. The number of likely N-dealkylation sites (tertiary alicyclic amines) is 1. The molecule has 2 rings (SSSR count). The molecule has 4 nitrogen and oxygen atoms in total. The molecule has 1 N–H and O–H groups in total. The molecule has 0 aliphatic carbocycles. The number of carbonyl (C=O) groups excluding carboxylic acids is 2. The number of aryl methyl sites for hydroxylation is 3. The Balaban J connectivity index is 1.88. The molecule has 1 heterocycles. The first kappa shape index (κ1) is 18.5. The monoisotopic (exact) mass is 330 g/mol. The van der Waals surface area contributed by atoms with E-state index in [-0.39, 0.29) is 23.7 Å². The third kappa shape index (κ3) is 4.37. The minimum Gasteiger partial charge on any atom is -0.352 e. The minimum absolute atomic E-state index is 0.0206. The second kappa shape index (κ2) is 7.82. The van der Waals surface area contributed by atoms with E-state index in [2.05, 4.69) is 38.2 Å². The molecule has 0 radical (unpaired) electrons. The fourth-order valence-corrected chi connectivity index (χ4v) is 3.54. The first-order valence-electron chi connectivity index (χ1n) is 8.92. The predicted octanol–water partition coefficient (Wildman–Crippen LogP) is 3.12. The summed E-state index contributed by atoms with van der Waals surface area (Å²) in [5, 5.41) is 3.09. The van der Waals surface area contributed by atoms with Gasteiger partial charge >= 0.3 is 0 Å². The predicted molar refractivity (Wildman–Crippen MR) is 96.6 cm³/mol. The number of hydrogen-bond donors (Lipinski definition) is 1. The number of amides is 2. The van der Waals surface area contributed by atoms with E-state index in [1.54, 1.807) is 0 Å². The summed E-state index contributed by atoms with van der Waals surface area (Å²) in [7, 11) is 0. The van der Waals surface area contributed by atoms with Crippen LogP contribution in [0.3, 0.4) is 0 Å². The summed E-state index contributed by atoms with van der Waals surface area (Å²) in [5.74, 6) is 0.362. The van der Waals surface area contributed by atoms with E-state index >= 15 is 0 Å². The summed E-state index contributed by atoms with van der Waals surface area (Å²) in [6, 6.07) is 4.31. The van der Waals surface area contributed by atoms with Crippen molar-refractivity contribution < 1.29 is 9.59 Å². The van der Waals surface area contributed by atoms with Gasteiger partial charge in [0.1, 0.15) is 0 Å². The number of rotatable bonds is 4. The summed E-state index contributed by atoms with van der Waals surface area (Å²) >= 11 is 0. The summed E-state index contributed by atoms with van der Waals surface area (Å²) in [4.78, 5) is 26.4. The molecule has 2 amide bonds. The smallest absolute Gasteiger partial charge is 0.225 e. The zero-order valence-corrected chi connectivity index (χ0v) is 15.6. The Morgan fingerprint density at radius 3 is 2.17 bits per heavy atom. The summed E-state index contributed by atoms with van der Waals surface area (Å²) in [6.45, 7) is 12.1. The summed E-state index contributed by atoms with van der Waals surface area (Å²) in [5.41, 5.74) is 4.92. The highest BCUT2D eigenvalue weighted by Gasteiger charge is 2.28. The van der Waals surface area contributed by atoms with Crippen molar-refractivity contribution in [3.05, 3.63) is 34.4 Å². The lowest BCUT2D eigenvalue weighted by Gasteiger charge is -2.32. The Morgan fingerprint density at radius 2 is 1.67 bits per heavy atom. The van der Waals surface area contributed by atoms with Crippen LogP contribution in [0.15, 0.2) is 12.1 Å². The number of benzene rings is 1. The van der Waals surface area contributed by atoms with Crippen molar-refractivity contribution in [2.75, 3.05) is 13.1 Å². The fraction of sp³-hybridized carbons (Fsp3) is 0.600. The average Bonchev–Trinajstić information content (AvgIpc) is 2.53. The lowest BCUT2D eigenvalue weighted by atomic mass is 9.94. The Hall–Kier alpha value is -1.84. The Labute approximate surface area is 145 Å². The lowest BCUT2D eigenvalue weighted by molar-refractivity contribution is -0.138. The average molecular weight is 330 g/mol. The molecular formula is C20H30N2O2. The first-order valence-corrected chi connectivity index (χ1v) is 8.92. The van der Waals surface area contributed by atoms with Gasteiger partial charge in [0.25, 0.3) is 0 Å². The molecule has 0 aromatic heterocycles. The topological polar surface area (TPSA) is 49.4 Å². The number of nitrogens with zero attached hydrogens (tertiary/aromatic N) is 1. The van der Waals surface area contributed by atoms with Gasteiger partial charge in [-0.1, -0.05) is 31.5 Å². The molecule has 132 valence electrons. The standard InChI is InChI=1S/C20H30N2O2/c1-13(2)20(24)22-8-6-17(7-9-22)19(23)21-12-18-15(4)10-14(3)11-16(18)5/h10-11,13,17H,6-9,12H2,1-5H3,(H,21,23). The van der Waals surface area contributed by atoms with Crippen molar-refractivity contribution >= 4 is 11.8 Å². The van der Waals surface area contributed by atoms with Crippen molar-refractivity contribution in [1.29, 1.82) is 0 Å². The maximum atomic E-state index is 12.5. The van der Waals surface area contributed by atoms with Crippen LogP contribution in [0.25, 0.3) is 0 Å². The molecule has 4 heteroatoms. The van der Waals surface area contributed by atoms with Gasteiger partial charge in [0.05, 0.1) is 0 Å². The maximum absolute atomic E-state index is 12.5. The molecule has 0 saturated carbocycles. The second-order valence-corrected chi connectivity index (χ2v) is 7.35. The van der Waals surface area contributed by atoms with Gasteiger partial charge in [-0.05, 0) is 50.3 Å². The van der Waals surface area contributed by atoms with Crippen molar-refractivity contribution in [3.63, 3.8) is 0 Å². The molecule has 0 unspecified atom stereocenters. The third-order valence-corrected chi connectivity index (χ3v) is 4.95. The highest BCUT2D eigenvalue weighted by atomic mass is 16.2. The SMILES string of the molecule is Cc1cc(C)c(CNC(=O)C2CCN(C(=O)C(C)C)CC2)c(C)c1. The molecule has 1 fully saturated rings. The van der Waals surface area contributed by atoms with Crippen LogP contribution in [-0.2, 0) is 16.1 Å². The van der Waals surface area contributed by atoms with Crippen LogP contribution in [-0.4, -0.2) is 29.8 Å². The van der Waals surface area contributed by atoms with Gasteiger partial charge in [0.2, 0.25) is 11.8 Å². The molecule has 0 atom stereocenters. The Kier molecular flexibility index (Phi) is 6.03. The van der Waals surface area contributed by atoms with Crippen LogP contribution in [0.5, 0.6) is 0 Å². The van der Waals surface area contributed by atoms with Crippen LogP contribution >= 0.6 is 0 Å². The molecule has 0 spiro atoms. The van der Waals surface area contributed by atoms with E-state index < -0.39 is 0 Å². The van der Waals surface area contributed by atoms with Crippen LogP contribution in [0.1, 0.15) is 48.9 Å². The zero-order valence-electron chi connectivity index (χ0n) is 15.6. The van der Waals surface area contributed by atoms with Gasteiger partial charge in [0, 0.05) is 31.5 Å².